The Bertz CT molecular complexity index is 880. The molecule has 0 aliphatic carbocycles. The van der Waals surface area contributed by atoms with Gasteiger partial charge in [0.25, 0.3) is 0 Å². The van der Waals surface area contributed by atoms with Gasteiger partial charge >= 0.3 is 0 Å². The third-order valence-electron chi connectivity index (χ3n) is 3.95. The van der Waals surface area contributed by atoms with Gasteiger partial charge in [-0.1, -0.05) is 65.8 Å². The first kappa shape index (κ1) is 18.5. The van der Waals surface area contributed by atoms with Crippen LogP contribution in [0.2, 0.25) is 5.02 Å². The molecule has 7 heteroatoms. The number of carbonyl (C=O) groups excluding carboxylic acids is 1. The Labute approximate surface area is 161 Å². The molecule has 3 rings (SSSR count). The largest absolute Gasteiger partial charge is 0.349 e. The molecule has 1 N–H and O–H groups in total. The molecule has 0 bridgehead atoms. The number of nitrogens with zero attached hydrogens (tertiary/aromatic N) is 3. The highest BCUT2D eigenvalue weighted by atomic mass is 35.5. The number of carbonyl (C=O) groups is 1. The summed E-state index contributed by atoms with van der Waals surface area (Å²) in [5.41, 5.74) is 2.01. The van der Waals surface area contributed by atoms with Crippen molar-refractivity contribution in [3.63, 3.8) is 0 Å². The average Bonchev–Trinajstić information content (AvgIpc) is 3.02. The Morgan fingerprint density at radius 3 is 2.54 bits per heavy atom. The summed E-state index contributed by atoms with van der Waals surface area (Å²) in [5, 5.41) is 12.8. The number of amides is 1. The van der Waals surface area contributed by atoms with E-state index in [2.05, 4.69) is 15.5 Å². The molecule has 0 aliphatic rings. The van der Waals surface area contributed by atoms with Crippen molar-refractivity contribution in [2.24, 2.45) is 7.05 Å². The monoisotopic (exact) mass is 386 g/mol. The van der Waals surface area contributed by atoms with Gasteiger partial charge in [0, 0.05) is 17.6 Å². The van der Waals surface area contributed by atoms with Crippen LogP contribution in [0.5, 0.6) is 0 Å². The Morgan fingerprint density at radius 1 is 1.15 bits per heavy atom. The maximum Gasteiger partial charge on any atom is 0.230 e. The van der Waals surface area contributed by atoms with E-state index in [1.165, 1.54) is 11.8 Å². The number of thioether (sulfide) groups is 1. The van der Waals surface area contributed by atoms with Crippen LogP contribution in [-0.4, -0.2) is 26.4 Å². The van der Waals surface area contributed by atoms with Crippen LogP contribution in [0, 0.1) is 0 Å². The zero-order valence-corrected chi connectivity index (χ0v) is 16.1. The fraction of sp³-hybridized carbons (Fsp3) is 0.211. The summed E-state index contributed by atoms with van der Waals surface area (Å²) in [7, 11) is 1.90. The average molecular weight is 387 g/mol. The molecule has 0 unspecified atom stereocenters. The number of benzene rings is 2. The molecule has 5 nitrogen and oxygen atoms in total. The third-order valence-corrected chi connectivity index (χ3v) is 5.22. The molecule has 0 radical (unpaired) electrons. The summed E-state index contributed by atoms with van der Waals surface area (Å²) >= 11 is 7.26. The van der Waals surface area contributed by atoms with E-state index in [-0.39, 0.29) is 17.7 Å². The van der Waals surface area contributed by atoms with Gasteiger partial charge in [-0.15, -0.1) is 10.2 Å². The summed E-state index contributed by atoms with van der Waals surface area (Å²) in [6.07, 6.45) is 0. The van der Waals surface area contributed by atoms with E-state index in [1.54, 1.807) is 0 Å². The molecule has 0 saturated heterocycles. The highest BCUT2D eigenvalue weighted by molar-refractivity contribution is 7.99. The molecule has 26 heavy (non-hydrogen) atoms. The van der Waals surface area contributed by atoms with Crippen LogP contribution < -0.4 is 5.32 Å². The van der Waals surface area contributed by atoms with E-state index < -0.39 is 0 Å². The van der Waals surface area contributed by atoms with Crippen LogP contribution in [0.25, 0.3) is 11.4 Å². The summed E-state index contributed by atoms with van der Waals surface area (Å²) in [5.74, 6) is 1.00. The Balaban J connectivity index is 1.58. The van der Waals surface area contributed by atoms with Gasteiger partial charge in [0.2, 0.25) is 5.91 Å². The van der Waals surface area contributed by atoms with E-state index in [0.29, 0.717) is 10.2 Å². The van der Waals surface area contributed by atoms with E-state index >= 15 is 0 Å². The first-order valence-corrected chi connectivity index (χ1v) is 9.53. The molecule has 0 fully saturated rings. The second kappa shape index (κ2) is 8.38. The van der Waals surface area contributed by atoms with Crippen molar-refractivity contribution in [1.82, 2.24) is 20.1 Å². The predicted molar refractivity (Wildman–Crippen MR) is 105 cm³/mol. The normalized spacial score (nSPS) is 12.0. The summed E-state index contributed by atoms with van der Waals surface area (Å²) in [4.78, 5) is 12.2. The van der Waals surface area contributed by atoms with Gasteiger partial charge in [-0.25, -0.2) is 0 Å². The van der Waals surface area contributed by atoms with Gasteiger partial charge in [-0.3, -0.25) is 4.79 Å². The van der Waals surface area contributed by atoms with Crippen molar-refractivity contribution in [3.8, 4) is 11.4 Å². The smallest absolute Gasteiger partial charge is 0.230 e. The molecule has 2 aromatic carbocycles. The summed E-state index contributed by atoms with van der Waals surface area (Å²) in [6, 6.07) is 17.2. The molecule has 0 aliphatic heterocycles. The summed E-state index contributed by atoms with van der Waals surface area (Å²) in [6.45, 7) is 1.95. The highest BCUT2D eigenvalue weighted by Gasteiger charge is 2.14. The Kier molecular flexibility index (Phi) is 5.96. The first-order chi connectivity index (χ1) is 12.5. The minimum atomic E-state index is -0.0836. The fourth-order valence-electron chi connectivity index (χ4n) is 2.53. The van der Waals surface area contributed by atoms with Crippen molar-refractivity contribution in [2.75, 3.05) is 5.75 Å². The molecular formula is C19H19ClN4OS. The lowest BCUT2D eigenvalue weighted by molar-refractivity contribution is -0.119. The number of hydrogen-bond donors (Lipinski definition) is 1. The topological polar surface area (TPSA) is 59.8 Å². The lowest BCUT2D eigenvalue weighted by Gasteiger charge is -2.14. The third kappa shape index (κ3) is 4.45. The molecular weight excluding hydrogens is 368 g/mol. The number of nitrogens with one attached hydrogen (secondary N) is 1. The van der Waals surface area contributed by atoms with E-state index in [1.807, 2.05) is 73.1 Å². The number of rotatable bonds is 6. The second-order valence-electron chi connectivity index (χ2n) is 5.86. The van der Waals surface area contributed by atoms with Crippen LogP contribution in [0.15, 0.2) is 59.8 Å². The molecule has 1 amide bonds. The molecule has 0 spiro atoms. The lowest BCUT2D eigenvalue weighted by atomic mass is 10.1. The van der Waals surface area contributed by atoms with Crippen LogP contribution in [0.4, 0.5) is 0 Å². The first-order valence-electron chi connectivity index (χ1n) is 8.17. The maximum absolute atomic E-state index is 12.2. The quantitative estimate of drug-likeness (QED) is 0.648. The van der Waals surface area contributed by atoms with E-state index in [0.717, 1.165) is 17.0 Å². The van der Waals surface area contributed by atoms with Crippen molar-refractivity contribution >= 4 is 29.3 Å². The molecule has 134 valence electrons. The van der Waals surface area contributed by atoms with Gasteiger partial charge in [0.1, 0.15) is 0 Å². The van der Waals surface area contributed by atoms with Gasteiger partial charge in [-0.05, 0) is 24.6 Å². The van der Waals surface area contributed by atoms with E-state index in [4.69, 9.17) is 11.6 Å². The highest BCUT2D eigenvalue weighted by Crippen LogP contribution is 2.22. The maximum atomic E-state index is 12.2. The standard InChI is InChI=1S/C19H19ClN4OS/c1-13(14-8-10-16(20)11-9-14)21-17(25)12-26-19-23-22-18(24(19)2)15-6-4-3-5-7-15/h3-11,13H,12H2,1-2H3,(H,21,25)/t13-/m1/s1. The predicted octanol–water partition coefficient (Wildman–Crippen LogP) is 4.11. The second-order valence-corrected chi connectivity index (χ2v) is 7.24. The van der Waals surface area contributed by atoms with E-state index in [9.17, 15) is 4.79 Å². The molecule has 3 aromatic rings. The zero-order valence-electron chi connectivity index (χ0n) is 14.5. The minimum absolute atomic E-state index is 0.0540. The Hall–Kier alpha value is -2.31. The van der Waals surface area contributed by atoms with Crippen molar-refractivity contribution < 1.29 is 4.79 Å². The van der Waals surface area contributed by atoms with Gasteiger partial charge in [-0.2, -0.15) is 0 Å². The van der Waals surface area contributed by atoms with Crippen LogP contribution in [0.1, 0.15) is 18.5 Å². The molecule has 1 heterocycles. The minimum Gasteiger partial charge on any atom is -0.349 e. The van der Waals surface area contributed by atoms with Crippen molar-refractivity contribution in [2.45, 2.75) is 18.1 Å². The summed E-state index contributed by atoms with van der Waals surface area (Å²) < 4.78 is 1.90. The fourth-order valence-corrected chi connectivity index (χ4v) is 3.38. The van der Waals surface area contributed by atoms with Gasteiger partial charge in [0.05, 0.1) is 11.8 Å². The van der Waals surface area contributed by atoms with Crippen LogP contribution in [0.3, 0.4) is 0 Å². The van der Waals surface area contributed by atoms with Crippen molar-refractivity contribution in [3.05, 3.63) is 65.2 Å². The van der Waals surface area contributed by atoms with Crippen molar-refractivity contribution in [1.29, 1.82) is 0 Å². The number of aromatic nitrogens is 3. The number of hydrogen-bond acceptors (Lipinski definition) is 4. The van der Waals surface area contributed by atoms with Crippen LogP contribution >= 0.6 is 23.4 Å². The SMILES string of the molecule is C[C@@H](NC(=O)CSc1nnc(-c2ccccc2)n1C)c1ccc(Cl)cc1. The van der Waals surface area contributed by atoms with Crippen LogP contribution in [-0.2, 0) is 11.8 Å². The van der Waals surface area contributed by atoms with Gasteiger partial charge < -0.3 is 9.88 Å². The Morgan fingerprint density at radius 2 is 1.85 bits per heavy atom. The molecule has 1 atom stereocenters. The molecule has 1 aromatic heterocycles. The zero-order chi connectivity index (χ0) is 18.5. The number of halogens is 1. The lowest BCUT2D eigenvalue weighted by Crippen LogP contribution is -2.28. The van der Waals surface area contributed by atoms with Gasteiger partial charge in [0.15, 0.2) is 11.0 Å². The molecule has 0 saturated carbocycles.